The minimum absolute atomic E-state index is 0.238. The molecular weight excluding hydrogens is 462 g/mol. The van der Waals surface area contributed by atoms with Crippen LogP contribution < -0.4 is 10.1 Å². The molecule has 0 atom stereocenters. The van der Waals surface area contributed by atoms with Crippen LogP contribution in [-0.2, 0) is 9.59 Å². The lowest BCUT2D eigenvalue weighted by molar-refractivity contribution is -0.127. The molecule has 7 nitrogen and oxygen atoms in total. The van der Waals surface area contributed by atoms with Crippen molar-refractivity contribution in [2.45, 2.75) is 19.9 Å². The van der Waals surface area contributed by atoms with Crippen LogP contribution in [0.15, 0.2) is 53.6 Å². The average molecular weight is 484 g/mol. The number of carbonyl (C=O) groups is 3. The molecule has 1 N–H and O–H groups in total. The number of methoxy groups -OCH3 is 1. The molecule has 1 aliphatic rings. The fourth-order valence-electron chi connectivity index (χ4n) is 3.64. The molecule has 1 saturated heterocycles. The number of rotatable bonds is 6. The smallest absolute Gasteiger partial charge is 0.294 e. The summed E-state index contributed by atoms with van der Waals surface area (Å²) in [6, 6.07) is 12.9. The van der Waals surface area contributed by atoms with E-state index in [1.807, 2.05) is 30.5 Å². The van der Waals surface area contributed by atoms with Gasteiger partial charge in [-0.05, 0) is 56.0 Å². The first kappa shape index (κ1) is 22.9. The molecule has 1 aliphatic heterocycles. The van der Waals surface area contributed by atoms with Gasteiger partial charge >= 0.3 is 0 Å². The van der Waals surface area contributed by atoms with Gasteiger partial charge in [0.25, 0.3) is 11.1 Å². The van der Waals surface area contributed by atoms with Crippen LogP contribution in [0.1, 0.15) is 25.5 Å². The molecule has 33 heavy (non-hydrogen) atoms. The lowest BCUT2D eigenvalue weighted by Gasteiger charge is -2.13. The van der Waals surface area contributed by atoms with E-state index in [-0.39, 0.29) is 17.5 Å². The first-order valence-corrected chi connectivity index (χ1v) is 11.5. The normalized spacial score (nSPS) is 15.2. The number of para-hydroxylation sites is 1. The molecule has 0 radical (unpaired) electrons. The summed E-state index contributed by atoms with van der Waals surface area (Å²) in [7, 11) is 1.49. The molecule has 3 amide bonds. The van der Waals surface area contributed by atoms with Crippen LogP contribution in [0.5, 0.6) is 5.75 Å². The van der Waals surface area contributed by atoms with E-state index in [1.54, 1.807) is 18.2 Å². The number of hydrogen-bond donors (Lipinski definition) is 1. The third-order valence-electron chi connectivity index (χ3n) is 5.23. The molecule has 2 heterocycles. The van der Waals surface area contributed by atoms with Crippen LogP contribution in [0.4, 0.5) is 10.5 Å². The predicted octanol–water partition coefficient (Wildman–Crippen LogP) is 5.56. The molecular formula is C24H22ClN3O4S. The number of anilines is 1. The Morgan fingerprint density at radius 1 is 1.21 bits per heavy atom. The zero-order chi connectivity index (χ0) is 23.7. The van der Waals surface area contributed by atoms with Gasteiger partial charge in [-0.15, -0.1) is 0 Å². The maximum absolute atomic E-state index is 12.9. The first-order chi connectivity index (χ1) is 15.8. The molecule has 3 aromatic rings. The van der Waals surface area contributed by atoms with Crippen molar-refractivity contribution < 1.29 is 19.1 Å². The number of halogens is 1. The largest absolute Gasteiger partial charge is 0.495 e. The number of ether oxygens (including phenoxy) is 1. The second kappa shape index (κ2) is 9.33. The SMILES string of the molecule is COc1ccc(NC(=O)CN2C(=O)SC(=Cc3cn(C(C)C)c4ccccc34)C2=O)cc1Cl. The number of hydrogen-bond acceptors (Lipinski definition) is 5. The van der Waals surface area contributed by atoms with E-state index in [0.29, 0.717) is 16.5 Å². The van der Waals surface area contributed by atoms with Crippen molar-refractivity contribution in [2.24, 2.45) is 0 Å². The molecule has 1 fully saturated rings. The van der Waals surface area contributed by atoms with Gasteiger partial charge in [-0.25, -0.2) is 0 Å². The standard InChI is InChI=1S/C24H22ClN3O4S/c1-14(2)27-12-15(17-6-4-5-7-19(17)27)10-21-23(30)28(24(31)33-21)13-22(29)26-16-8-9-20(32-3)18(25)11-16/h4-12,14H,13H2,1-3H3,(H,26,29). The van der Waals surface area contributed by atoms with Crippen LogP contribution in [0.25, 0.3) is 17.0 Å². The fraction of sp³-hybridized carbons (Fsp3) is 0.208. The van der Waals surface area contributed by atoms with E-state index in [0.717, 1.165) is 33.1 Å². The maximum atomic E-state index is 12.9. The van der Waals surface area contributed by atoms with Crippen LogP contribution >= 0.6 is 23.4 Å². The van der Waals surface area contributed by atoms with Gasteiger partial charge in [0, 0.05) is 34.4 Å². The van der Waals surface area contributed by atoms with Crippen molar-refractivity contribution in [3.63, 3.8) is 0 Å². The fourth-order valence-corrected chi connectivity index (χ4v) is 4.73. The molecule has 0 saturated carbocycles. The summed E-state index contributed by atoms with van der Waals surface area (Å²) in [4.78, 5) is 39.1. The highest BCUT2D eigenvalue weighted by Crippen LogP contribution is 2.35. The van der Waals surface area contributed by atoms with Gasteiger partial charge < -0.3 is 14.6 Å². The number of thioether (sulfide) groups is 1. The second-order valence-corrected chi connectivity index (χ2v) is 9.17. The Morgan fingerprint density at radius 3 is 2.67 bits per heavy atom. The number of aromatic nitrogens is 1. The van der Waals surface area contributed by atoms with E-state index >= 15 is 0 Å². The lowest BCUT2D eigenvalue weighted by Crippen LogP contribution is -2.36. The van der Waals surface area contributed by atoms with Gasteiger partial charge in [0.05, 0.1) is 17.0 Å². The summed E-state index contributed by atoms with van der Waals surface area (Å²) in [6.07, 6.45) is 3.69. The molecule has 0 spiro atoms. The van der Waals surface area contributed by atoms with Crippen molar-refractivity contribution in [2.75, 3.05) is 19.0 Å². The monoisotopic (exact) mass is 483 g/mol. The lowest BCUT2D eigenvalue weighted by atomic mass is 10.1. The zero-order valence-corrected chi connectivity index (χ0v) is 19.9. The number of nitrogens with one attached hydrogen (secondary N) is 1. The molecule has 1 aromatic heterocycles. The Morgan fingerprint density at radius 2 is 1.97 bits per heavy atom. The maximum Gasteiger partial charge on any atom is 0.294 e. The third kappa shape index (κ3) is 4.62. The van der Waals surface area contributed by atoms with Gasteiger partial charge in [0.15, 0.2) is 0 Å². The van der Waals surface area contributed by atoms with E-state index in [4.69, 9.17) is 16.3 Å². The van der Waals surface area contributed by atoms with Crippen molar-refractivity contribution in [3.05, 3.63) is 64.2 Å². The van der Waals surface area contributed by atoms with Crippen LogP contribution in [-0.4, -0.2) is 40.2 Å². The van der Waals surface area contributed by atoms with Crippen molar-refractivity contribution in [1.82, 2.24) is 9.47 Å². The minimum Gasteiger partial charge on any atom is -0.495 e. The Labute approximate surface area is 200 Å². The highest BCUT2D eigenvalue weighted by molar-refractivity contribution is 8.18. The minimum atomic E-state index is -0.504. The summed E-state index contributed by atoms with van der Waals surface area (Å²) < 4.78 is 7.21. The first-order valence-electron chi connectivity index (χ1n) is 10.3. The molecule has 0 unspecified atom stereocenters. The molecule has 170 valence electrons. The molecule has 9 heteroatoms. The molecule has 0 bridgehead atoms. The number of fused-ring (bicyclic) bond motifs is 1. The Balaban J connectivity index is 1.52. The van der Waals surface area contributed by atoms with Gasteiger partial charge in [0.2, 0.25) is 5.91 Å². The van der Waals surface area contributed by atoms with Crippen molar-refractivity contribution in [3.8, 4) is 5.75 Å². The molecule has 0 aliphatic carbocycles. The number of carbonyl (C=O) groups excluding carboxylic acids is 3. The Hall–Kier alpha value is -3.23. The number of imide groups is 1. The summed E-state index contributed by atoms with van der Waals surface area (Å²) in [6.45, 7) is 3.77. The summed E-state index contributed by atoms with van der Waals surface area (Å²) in [5, 5.41) is 3.50. The van der Waals surface area contributed by atoms with Gasteiger partial charge in [-0.2, -0.15) is 0 Å². The van der Waals surface area contributed by atoms with Crippen LogP contribution in [0, 0.1) is 0 Å². The quantitative estimate of drug-likeness (QED) is 0.464. The van der Waals surface area contributed by atoms with Gasteiger partial charge in [0.1, 0.15) is 12.3 Å². The van der Waals surface area contributed by atoms with E-state index in [2.05, 4.69) is 23.7 Å². The second-order valence-electron chi connectivity index (χ2n) is 7.77. The summed E-state index contributed by atoms with van der Waals surface area (Å²) in [5.74, 6) is -0.518. The third-order valence-corrected chi connectivity index (χ3v) is 6.43. The summed E-state index contributed by atoms with van der Waals surface area (Å²) >= 11 is 6.91. The number of amides is 3. The van der Waals surface area contributed by atoms with E-state index < -0.39 is 17.1 Å². The van der Waals surface area contributed by atoms with Crippen molar-refractivity contribution >= 4 is 63.1 Å². The number of nitrogens with zero attached hydrogens (tertiary/aromatic N) is 2. The van der Waals surface area contributed by atoms with Crippen LogP contribution in [0.2, 0.25) is 5.02 Å². The number of benzene rings is 2. The highest BCUT2D eigenvalue weighted by Gasteiger charge is 2.36. The van der Waals surface area contributed by atoms with Gasteiger partial charge in [-0.3, -0.25) is 19.3 Å². The van der Waals surface area contributed by atoms with Gasteiger partial charge in [-0.1, -0.05) is 29.8 Å². The molecule has 4 rings (SSSR count). The van der Waals surface area contributed by atoms with E-state index in [1.165, 1.54) is 13.2 Å². The Kier molecular flexibility index (Phi) is 6.49. The summed E-state index contributed by atoms with van der Waals surface area (Å²) in [5.41, 5.74) is 2.34. The topological polar surface area (TPSA) is 80.6 Å². The average Bonchev–Trinajstić information content (AvgIpc) is 3.27. The van der Waals surface area contributed by atoms with E-state index in [9.17, 15) is 14.4 Å². The highest BCUT2D eigenvalue weighted by atomic mass is 35.5. The Bertz CT molecular complexity index is 1300. The predicted molar refractivity (Wildman–Crippen MR) is 132 cm³/mol. The molecule has 2 aromatic carbocycles. The zero-order valence-electron chi connectivity index (χ0n) is 18.3. The van der Waals surface area contributed by atoms with Crippen LogP contribution in [0.3, 0.4) is 0 Å². The van der Waals surface area contributed by atoms with Crippen molar-refractivity contribution in [1.29, 1.82) is 0 Å².